The Morgan fingerprint density at radius 1 is 0.394 bits per heavy atom. The second kappa shape index (κ2) is 16.1. The zero-order valence-electron chi connectivity index (χ0n) is 40.2. The van der Waals surface area contributed by atoms with Crippen LogP contribution < -0.4 is 0 Å². The van der Waals surface area contributed by atoms with Crippen molar-refractivity contribution in [2.75, 3.05) is 0 Å². The van der Waals surface area contributed by atoms with Crippen LogP contribution in [0.4, 0.5) is 0 Å². The summed E-state index contributed by atoms with van der Waals surface area (Å²) in [6.45, 7) is 0. The SMILES string of the molecule is N#Cc1ccc2sc3c(-c4ccc(-c5nc(-c6ccccc6-c6ccc(C78CC9CC(CC(C9)C7)C8)cc6)nc(-c6ccccc6-c6ccc(C78CC9CC(CC(C9)C7)C8)cc6)n5)cc4)cccc3c2c1. The van der Waals surface area contributed by atoms with E-state index in [2.05, 4.69) is 152 Å². The van der Waals surface area contributed by atoms with Gasteiger partial charge in [-0.05, 0) is 186 Å². The van der Waals surface area contributed by atoms with Crippen molar-refractivity contribution in [1.29, 1.82) is 5.26 Å². The Hall–Kier alpha value is -6.74. The third-order valence-electron chi connectivity index (χ3n) is 18.7. The highest BCUT2D eigenvalue weighted by molar-refractivity contribution is 7.26. The van der Waals surface area contributed by atoms with Gasteiger partial charge in [-0.3, -0.25) is 0 Å². The van der Waals surface area contributed by atoms with E-state index in [-0.39, 0.29) is 0 Å². The Balaban J connectivity index is 0.826. The Kier molecular flexibility index (Phi) is 9.54. The minimum absolute atomic E-state index is 0.357. The summed E-state index contributed by atoms with van der Waals surface area (Å²) in [4.78, 5) is 16.2. The number of thiophene rings is 1. The van der Waals surface area contributed by atoms with Crippen molar-refractivity contribution in [3.8, 4) is 73.6 Å². The van der Waals surface area contributed by atoms with Gasteiger partial charge in [-0.15, -0.1) is 11.3 Å². The topological polar surface area (TPSA) is 62.5 Å². The van der Waals surface area contributed by atoms with E-state index in [4.69, 9.17) is 15.0 Å². The number of hydrogen-bond acceptors (Lipinski definition) is 5. The third kappa shape index (κ3) is 6.99. The minimum atomic E-state index is 0.357. The number of nitrogens with zero attached hydrogens (tertiary/aromatic N) is 4. The van der Waals surface area contributed by atoms with Crippen molar-refractivity contribution in [2.24, 2.45) is 35.5 Å². The number of benzene rings is 7. The van der Waals surface area contributed by atoms with Crippen molar-refractivity contribution >= 4 is 31.5 Å². The maximum absolute atomic E-state index is 9.66. The van der Waals surface area contributed by atoms with Crippen LogP contribution in [0.15, 0.2) is 158 Å². The van der Waals surface area contributed by atoms with Crippen LogP contribution >= 0.6 is 11.3 Å². The van der Waals surface area contributed by atoms with Crippen molar-refractivity contribution in [1.82, 2.24) is 15.0 Å². The van der Waals surface area contributed by atoms with Gasteiger partial charge in [-0.25, -0.2) is 15.0 Å². The van der Waals surface area contributed by atoms with E-state index in [0.717, 1.165) is 74.3 Å². The summed E-state index contributed by atoms with van der Waals surface area (Å²) >= 11 is 1.78. The van der Waals surface area contributed by atoms with Gasteiger partial charge in [-0.2, -0.15) is 5.26 Å². The quantitative estimate of drug-likeness (QED) is 0.152. The highest BCUT2D eigenvalue weighted by Gasteiger charge is 2.52. The summed E-state index contributed by atoms with van der Waals surface area (Å²) in [5.41, 5.74) is 14.4. The van der Waals surface area contributed by atoms with Crippen molar-refractivity contribution < 1.29 is 0 Å². The molecule has 71 heavy (non-hydrogen) atoms. The number of rotatable bonds is 8. The van der Waals surface area contributed by atoms with Gasteiger partial charge in [0.05, 0.1) is 11.6 Å². The summed E-state index contributed by atoms with van der Waals surface area (Å²) in [6, 6.07) is 60.3. The normalized spacial score (nSPS) is 26.9. The molecule has 8 saturated carbocycles. The number of fused-ring (bicyclic) bond motifs is 3. The zero-order chi connectivity index (χ0) is 46.8. The molecule has 0 unspecified atom stereocenters. The molecule has 7 aromatic carbocycles. The van der Waals surface area contributed by atoms with Gasteiger partial charge < -0.3 is 0 Å². The lowest BCUT2D eigenvalue weighted by molar-refractivity contribution is -0.00530. The minimum Gasteiger partial charge on any atom is -0.208 e. The molecule has 17 rings (SSSR count). The van der Waals surface area contributed by atoms with Gasteiger partial charge in [0.1, 0.15) is 0 Å². The molecule has 8 aliphatic carbocycles. The van der Waals surface area contributed by atoms with E-state index in [1.54, 1.807) is 22.5 Å². The van der Waals surface area contributed by atoms with Gasteiger partial charge in [0.2, 0.25) is 0 Å². The first-order valence-electron chi connectivity index (χ1n) is 26.5. The Bertz CT molecular complexity index is 3390. The van der Waals surface area contributed by atoms with Crippen molar-refractivity contribution in [3.63, 3.8) is 0 Å². The summed E-state index contributed by atoms with van der Waals surface area (Å²) in [5.74, 6) is 7.48. The van der Waals surface area contributed by atoms with Gasteiger partial charge in [0.25, 0.3) is 0 Å². The third-order valence-corrected chi connectivity index (χ3v) is 20.0. The van der Waals surface area contributed by atoms with Crippen LogP contribution in [0.1, 0.15) is 93.7 Å². The molecule has 4 nitrogen and oxygen atoms in total. The van der Waals surface area contributed by atoms with E-state index in [0.29, 0.717) is 33.9 Å². The molecular weight excluding hydrogens is 881 g/mol. The Morgan fingerprint density at radius 2 is 0.803 bits per heavy atom. The molecule has 0 spiro atoms. The average Bonchev–Trinajstić information content (AvgIpc) is 3.78. The van der Waals surface area contributed by atoms with Crippen LogP contribution in [0, 0.1) is 46.8 Å². The first kappa shape index (κ1) is 42.0. The highest BCUT2D eigenvalue weighted by atomic mass is 32.1. The summed E-state index contributed by atoms with van der Waals surface area (Å²) in [7, 11) is 0. The fourth-order valence-electron chi connectivity index (χ4n) is 16.4. The summed E-state index contributed by atoms with van der Waals surface area (Å²) < 4.78 is 2.41. The first-order chi connectivity index (χ1) is 34.9. The van der Waals surface area contributed by atoms with Gasteiger partial charge in [0, 0.05) is 36.9 Å². The van der Waals surface area contributed by atoms with Crippen LogP contribution in [0.3, 0.4) is 0 Å². The lowest BCUT2D eigenvalue weighted by Crippen LogP contribution is -2.48. The van der Waals surface area contributed by atoms with Gasteiger partial charge >= 0.3 is 0 Å². The lowest BCUT2D eigenvalue weighted by Gasteiger charge is -2.57. The first-order valence-corrected chi connectivity index (χ1v) is 27.4. The van der Waals surface area contributed by atoms with Crippen molar-refractivity contribution in [2.45, 2.75) is 87.9 Å². The van der Waals surface area contributed by atoms with Crippen LogP contribution in [0.25, 0.3) is 87.7 Å². The monoisotopic (exact) mass is 936 g/mol. The Labute approximate surface area is 420 Å². The van der Waals surface area contributed by atoms with E-state index >= 15 is 0 Å². The number of nitriles is 1. The highest BCUT2D eigenvalue weighted by Crippen LogP contribution is 2.62. The molecule has 346 valence electrons. The van der Waals surface area contributed by atoms with Crippen LogP contribution in [0.5, 0.6) is 0 Å². The maximum atomic E-state index is 9.66. The molecule has 0 atom stereocenters. The predicted octanol–water partition coefficient (Wildman–Crippen LogP) is 17.0. The van der Waals surface area contributed by atoms with Crippen LogP contribution in [-0.4, -0.2) is 15.0 Å². The number of hydrogen-bond donors (Lipinski definition) is 0. The molecule has 0 amide bonds. The molecule has 8 aliphatic rings. The van der Waals surface area contributed by atoms with E-state index in [1.807, 2.05) is 12.1 Å². The molecule has 9 aromatic rings. The lowest BCUT2D eigenvalue weighted by atomic mass is 9.48. The van der Waals surface area contributed by atoms with Crippen LogP contribution in [-0.2, 0) is 10.8 Å². The molecule has 0 N–H and O–H groups in total. The smallest absolute Gasteiger partial charge is 0.164 e. The molecule has 0 saturated heterocycles. The standard InChI is InChI=1S/C66H56N4S/c67-39-40-12-25-60-59(32-40)56-11-5-10-55(61(56)71-60)49-13-15-50(16-14-49)62-68-63(57-8-3-1-6-53(57)47-17-21-51(22-18-47)65-33-41-26-42(34-65)28-43(27-41)35-65)70-64(69-62)58-9-4-2-7-54(58)48-19-23-52(24-20-48)66-36-44-29-45(37-66)31-46(30-44)38-66/h1-25,32,41-46H,26-31,33-38H2. The van der Waals surface area contributed by atoms with Gasteiger partial charge in [0.15, 0.2) is 17.5 Å². The second-order valence-electron chi connectivity index (χ2n) is 23.1. The molecule has 5 heteroatoms. The average molecular weight is 937 g/mol. The van der Waals surface area contributed by atoms with E-state index in [1.165, 1.54) is 109 Å². The fraction of sp³-hybridized carbons (Fsp3) is 0.303. The van der Waals surface area contributed by atoms with Gasteiger partial charge in [-0.1, -0.05) is 140 Å². The maximum Gasteiger partial charge on any atom is 0.164 e. The second-order valence-corrected chi connectivity index (χ2v) is 24.2. The summed E-state index contributed by atoms with van der Waals surface area (Å²) in [5, 5.41) is 12.0. The molecule has 0 aliphatic heterocycles. The van der Waals surface area contributed by atoms with E-state index < -0.39 is 0 Å². The molecule has 2 heterocycles. The molecular formula is C66H56N4S. The van der Waals surface area contributed by atoms with Crippen molar-refractivity contribution in [3.05, 3.63) is 174 Å². The zero-order valence-corrected chi connectivity index (χ0v) is 41.0. The fourth-order valence-corrected chi connectivity index (χ4v) is 17.7. The van der Waals surface area contributed by atoms with E-state index in [9.17, 15) is 5.26 Å². The largest absolute Gasteiger partial charge is 0.208 e. The molecule has 8 fully saturated rings. The molecule has 0 radical (unpaired) electrons. The van der Waals surface area contributed by atoms with Crippen LogP contribution in [0.2, 0.25) is 0 Å². The molecule has 8 bridgehead atoms. The predicted molar refractivity (Wildman–Crippen MR) is 290 cm³/mol. The summed E-state index contributed by atoms with van der Waals surface area (Å²) in [6.07, 6.45) is 16.9. The Morgan fingerprint density at radius 3 is 1.28 bits per heavy atom. The molecule has 2 aromatic heterocycles. The number of aromatic nitrogens is 3.